The molecule has 0 radical (unpaired) electrons. The molecule has 98 valence electrons. The number of methoxy groups -OCH3 is 2. The Balaban J connectivity index is 2.89. The van der Waals surface area contributed by atoms with E-state index in [2.05, 4.69) is 4.74 Å². The van der Waals surface area contributed by atoms with Gasteiger partial charge in [0.1, 0.15) is 23.7 Å². The summed E-state index contributed by atoms with van der Waals surface area (Å²) in [5, 5.41) is 0. The fraction of sp³-hybridized carbons (Fsp3) is 0.308. The summed E-state index contributed by atoms with van der Waals surface area (Å²) in [7, 11) is 2.87. The van der Waals surface area contributed by atoms with Crippen molar-refractivity contribution >= 4 is 17.6 Å². The Labute approximate surface area is 111 Å². The van der Waals surface area contributed by atoms with E-state index in [1.54, 1.807) is 37.5 Å². The summed E-state index contributed by atoms with van der Waals surface area (Å²) < 4.78 is 15.2. The van der Waals surface area contributed by atoms with Crippen LogP contribution in [0.5, 0.6) is 11.5 Å². The van der Waals surface area contributed by atoms with Gasteiger partial charge < -0.3 is 14.2 Å². The van der Waals surface area contributed by atoms with Gasteiger partial charge in [-0.25, -0.2) is 4.79 Å². The molecule has 4 nitrogen and oxygen atoms in total. The monoisotopic (exact) mass is 270 g/mol. The van der Waals surface area contributed by atoms with Crippen LogP contribution in [-0.2, 0) is 4.74 Å². The van der Waals surface area contributed by atoms with Crippen molar-refractivity contribution < 1.29 is 19.0 Å². The smallest absolute Gasteiger partial charge is 0.341 e. The molecule has 0 aromatic heterocycles. The normalized spacial score (nSPS) is 10.4. The van der Waals surface area contributed by atoms with E-state index in [1.165, 1.54) is 7.11 Å². The first-order valence-electron chi connectivity index (χ1n) is 5.33. The standard InChI is InChI=1S/C13H15ClO4/c1-16-10-5-6-11(13(15)17-2)12(9-10)18-8-4-3-7-14/h3-6,9H,7-8H2,1-2H3. The average molecular weight is 271 g/mol. The minimum atomic E-state index is -0.450. The van der Waals surface area contributed by atoms with Crippen LogP contribution in [-0.4, -0.2) is 32.7 Å². The maximum Gasteiger partial charge on any atom is 0.341 e. The summed E-state index contributed by atoms with van der Waals surface area (Å²) in [6, 6.07) is 4.92. The average Bonchev–Trinajstić information content (AvgIpc) is 2.42. The summed E-state index contributed by atoms with van der Waals surface area (Å²) in [6.07, 6.45) is 3.53. The zero-order valence-electron chi connectivity index (χ0n) is 10.3. The number of rotatable bonds is 6. The highest BCUT2D eigenvalue weighted by atomic mass is 35.5. The molecule has 1 aromatic rings. The number of halogens is 1. The molecule has 0 N–H and O–H groups in total. The molecule has 1 aromatic carbocycles. The number of allylic oxidation sites excluding steroid dienone is 1. The van der Waals surface area contributed by atoms with Crippen molar-refractivity contribution in [1.82, 2.24) is 0 Å². The molecule has 0 aliphatic carbocycles. The Morgan fingerprint density at radius 3 is 2.72 bits per heavy atom. The number of benzene rings is 1. The Kier molecular flexibility index (Phi) is 6.08. The van der Waals surface area contributed by atoms with Crippen molar-refractivity contribution in [3.05, 3.63) is 35.9 Å². The number of esters is 1. The van der Waals surface area contributed by atoms with Crippen LogP contribution in [0.3, 0.4) is 0 Å². The second kappa shape index (κ2) is 7.61. The van der Waals surface area contributed by atoms with Crippen molar-refractivity contribution in [3.63, 3.8) is 0 Å². The molecule has 0 saturated heterocycles. The topological polar surface area (TPSA) is 44.8 Å². The first-order chi connectivity index (χ1) is 8.72. The van der Waals surface area contributed by atoms with E-state index in [9.17, 15) is 4.79 Å². The molecule has 0 atom stereocenters. The highest BCUT2D eigenvalue weighted by Gasteiger charge is 2.13. The van der Waals surface area contributed by atoms with E-state index in [0.717, 1.165) is 0 Å². The van der Waals surface area contributed by atoms with E-state index in [4.69, 9.17) is 21.1 Å². The minimum Gasteiger partial charge on any atom is -0.497 e. The van der Waals surface area contributed by atoms with E-state index in [1.807, 2.05) is 0 Å². The van der Waals surface area contributed by atoms with E-state index in [-0.39, 0.29) is 0 Å². The molecule has 5 heteroatoms. The number of carbonyl (C=O) groups is 1. The molecule has 0 spiro atoms. The van der Waals surface area contributed by atoms with Crippen molar-refractivity contribution in [2.75, 3.05) is 26.7 Å². The maximum atomic E-state index is 11.5. The van der Waals surface area contributed by atoms with Crippen LogP contribution in [0, 0.1) is 0 Å². The predicted octanol–water partition coefficient (Wildman–Crippen LogP) is 2.66. The summed E-state index contributed by atoms with van der Waals surface area (Å²) in [4.78, 5) is 11.5. The highest BCUT2D eigenvalue weighted by Crippen LogP contribution is 2.25. The Morgan fingerprint density at radius 1 is 1.33 bits per heavy atom. The molecule has 0 amide bonds. The SMILES string of the molecule is COC(=O)c1ccc(OC)cc1OCC=CCCl. The number of alkyl halides is 1. The van der Waals surface area contributed by atoms with E-state index < -0.39 is 5.97 Å². The third kappa shape index (κ3) is 3.96. The van der Waals surface area contributed by atoms with Crippen molar-refractivity contribution in [2.45, 2.75) is 0 Å². The van der Waals surface area contributed by atoms with E-state index >= 15 is 0 Å². The molecular weight excluding hydrogens is 256 g/mol. The van der Waals surface area contributed by atoms with Crippen LogP contribution in [0.15, 0.2) is 30.4 Å². The van der Waals surface area contributed by atoms with Gasteiger partial charge >= 0.3 is 5.97 Å². The fourth-order valence-electron chi connectivity index (χ4n) is 1.30. The molecular formula is C13H15ClO4. The lowest BCUT2D eigenvalue weighted by molar-refractivity contribution is 0.0596. The number of ether oxygens (including phenoxy) is 3. The van der Waals surface area contributed by atoms with Gasteiger partial charge in [0.05, 0.1) is 14.2 Å². The van der Waals surface area contributed by atoms with Gasteiger partial charge in [0.15, 0.2) is 0 Å². The molecule has 0 saturated carbocycles. The van der Waals surface area contributed by atoms with Crippen LogP contribution >= 0.6 is 11.6 Å². The lowest BCUT2D eigenvalue weighted by Crippen LogP contribution is -2.06. The largest absolute Gasteiger partial charge is 0.497 e. The van der Waals surface area contributed by atoms with Gasteiger partial charge in [-0.15, -0.1) is 11.6 Å². The summed E-state index contributed by atoms with van der Waals surface area (Å²) in [5.41, 5.74) is 0.359. The number of carbonyl (C=O) groups excluding carboxylic acids is 1. The quantitative estimate of drug-likeness (QED) is 0.453. The zero-order valence-corrected chi connectivity index (χ0v) is 11.1. The summed E-state index contributed by atoms with van der Waals surface area (Å²) in [5.74, 6) is 0.999. The second-order valence-electron chi connectivity index (χ2n) is 3.29. The van der Waals surface area contributed by atoms with Crippen molar-refractivity contribution in [2.24, 2.45) is 0 Å². The maximum absolute atomic E-state index is 11.5. The third-order valence-electron chi connectivity index (χ3n) is 2.18. The van der Waals surface area contributed by atoms with Gasteiger partial charge in [0.2, 0.25) is 0 Å². The van der Waals surface area contributed by atoms with Gasteiger partial charge in [0, 0.05) is 11.9 Å². The summed E-state index contributed by atoms with van der Waals surface area (Å²) >= 11 is 5.50. The van der Waals surface area contributed by atoms with Gasteiger partial charge in [0.25, 0.3) is 0 Å². The molecule has 0 aliphatic heterocycles. The Hall–Kier alpha value is -1.68. The minimum absolute atomic E-state index is 0.323. The van der Waals surface area contributed by atoms with E-state index in [0.29, 0.717) is 29.5 Å². The van der Waals surface area contributed by atoms with Crippen LogP contribution in [0.2, 0.25) is 0 Å². The van der Waals surface area contributed by atoms with Gasteiger partial charge in [-0.1, -0.05) is 12.2 Å². The molecule has 0 bridgehead atoms. The highest BCUT2D eigenvalue weighted by molar-refractivity contribution is 6.18. The van der Waals surface area contributed by atoms with Gasteiger partial charge in [-0.05, 0) is 12.1 Å². The molecule has 0 unspecified atom stereocenters. The molecule has 0 heterocycles. The van der Waals surface area contributed by atoms with Crippen LogP contribution < -0.4 is 9.47 Å². The van der Waals surface area contributed by atoms with Crippen LogP contribution in [0.4, 0.5) is 0 Å². The van der Waals surface area contributed by atoms with Gasteiger partial charge in [-0.3, -0.25) is 0 Å². The first-order valence-corrected chi connectivity index (χ1v) is 5.86. The Bertz CT molecular complexity index is 429. The molecule has 0 fully saturated rings. The second-order valence-corrected chi connectivity index (χ2v) is 3.60. The molecule has 18 heavy (non-hydrogen) atoms. The number of hydrogen-bond acceptors (Lipinski definition) is 4. The van der Waals surface area contributed by atoms with Crippen molar-refractivity contribution in [3.8, 4) is 11.5 Å². The van der Waals surface area contributed by atoms with Gasteiger partial charge in [-0.2, -0.15) is 0 Å². The lowest BCUT2D eigenvalue weighted by Gasteiger charge is -2.10. The Morgan fingerprint density at radius 2 is 2.11 bits per heavy atom. The van der Waals surface area contributed by atoms with Crippen LogP contribution in [0.1, 0.15) is 10.4 Å². The molecule has 1 rings (SSSR count). The molecule has 0 aliphatic rings. The number of hydrogen-bond donors (Lipinski definition) is 0. The first kappa shape index (κ1) is 14.4. The third-order valence-corrected chi connectivity index (χ3v) is 2.36. The lowest BCUT2D eigenvalue weighted by atomic mass is 10.2. The fourth-order valence-corrected chi connectivity index (χ4v) is 1.42. The van der Waals surface area contributed by atoms with Crippen molar-refractivity contribution in [1.29, 1.82) is 0 Å². The van der Waals surface area contributed by atoms with Crippen LogP contribution in [0.25, 0.3) is 0 Å². The summed E-state index contributed by atoms with van der Waals surface area (Å²) in [6.45, 7) is 0.323. The zero-order chi connectivity index (χ0) is 13.4. The predicted molar refractivity (Wildman–Crippen MR) is 69.7 cm³/mol.